The summed E-state index contributed by atoms with van der Waals surface area (Å²) in [7, 11) is 0. The number of benzene rings is 1. The van der Waals surface area contributed by atoms with Crippen LogP contribution in [0.4, 0.5) is 0 Å². The van der Waals surface area contributed by atoms with Gasteiger partial charge >= 0.3 is 5.97 Å². The molecule has 0 saturated heterocycles. The summed E-state index contributed by atoms with van der Waals surface area (Å²) in [6.07, 6.45) is 0.574. The van der Waals surface area contributed by atoms with E-state index >= 15 is 0 Å². The normalized spacial score (nSPS) is 9.67. The zero-order valence-electron chi connectivity index (χ0n) is 8.25. The molecular formula is C11H10ClNO2. The summed E-state index contributed by atoms with van der Waals surface area (Å²) >= 11 is 5.87. The van der Waals surface area contributed by atoms with Crippen molar-refractivity contribution in [2.45, 2.75) is 19.8 Å². The summed E-state index contributed by atoms with van der Waals surface area (Å²) in [5.74, 6) is -0.927. The predicted octanol–water partition coefficient (Wildman–Crippen LogP) is 2.40. The predicted molar refractivity (Wildman–Crippen MR) is 56.9 cm³/mol. The molecule has 78 valence electrons. The third-order valence-electron chi connectivity index (χ3n) is 2.12. The van der Waals surface area contributed by atoms with Crippen molar-refractivity contribution in [3.8, 4) is 6.07 Å². The van der Waals surface area contributed by atoms with Gasteiger partial charge in [-0.15, -0.1) is 0 Å². The van der Waals surface area contributed by atoms with Crippen LogP contribution in [0.3, 0.4) is 0 Å². The number of carbonyl (C=O) groups is 1. The number of carboxylic acid groups (broad SMARTS) is 1. The van der Waals surface area contributed by atoms with E-state index in [4.69, 9.17) is 22.0 Å². The molecule has 0 aliphatic heterocycles. The lowest BCUT2D eigenvalue weighted by Gasteiger charge is -2.06. The Bertz CT molecular complexity index is 435. The third kappa shape index (κ3) is 2.71. The standard InChI is InChI=1S/C11H10ClNO2/c1-2-7-3-8(5-11(14)15)10(12)4-9(7)6-13/h3-4H,2,5H2,1H3,(H,14,15). The second-order valence-corrected chi connectivity index (χ2v) is 3.54. The number of rotatable bonds is 3. The zero-order valence-corrected chi connectivity index (χ0v) is 9.01. The first-order valence-corrected chi connectivity index (χ1v) is 4.89. The molecule has 0 fully saturated rings. The zero-order chi connectivity index (χ0) is 11.4. The quantitative estimate of drug-likeness (QED) is 0.856. The fourth-order valence-electron chi connectivity index (χ4n) is 1.36. The Morgan fingerprint density at radius 1 is 1.53 bits per heavy atom. The number of hydrogen-bond donors (Lipinski definition) is 1. The number of halogens is 1. The number of aliphatic carboxylic acids is 1. The lowest BCUT2D eigenvalue weighted by molar-refractivity contribution is -0.136. The second-order valence-electron chi connectivity index (χ2n) is 3.14. The molecule has 0 radical (unpaired) electrons. The molecule has 1 aromatic rings. The van der Waals surface area contributed by atoms with E-state index in [0.29, 0.717) is 22.6 Å². The number of carboxylic acids is 1. The first kappa shape index (κ1) is 11.5. The number of nitriles is 1. The van der Waals surface area contributed by atoms with E-state index < -0.39 is 5.97 Å². The lowest BCUT2D eigenvalue weighted by atomic mass is 10.0. The average Bonchev–Trinajstić information content (AvgIpc) is 2.19. The third-order valence-corrected chi connectivity index (χ3v) is 2.47. The topological polar surface area (TPSA) is 61.1 Å². The SMILES string of the molecule is CCc1cc(CC(=O)O)c(Cl)cc1C#N. The summed E-state index contributed by atoms with van der Waals surface area (Å²) in [5.41, 5.74) is 1.90. The molecule has 0 bridgehead atoms. The highest BCUT2D eigenvalue weighted by Gasteiger charge is 2.10. The van der Waals surface area contributed by atoms with Crippen LogP contribution in [-0.4, -0.2) is 11.1 Å². The Morgan fingerprint density at radius 2 is 2.20 bits per heavy atom. The summed E-state index contributed by atoms with van der Waals surface area (Å²) < 4.78 is 0. The molecule has 0 spiro atoms. The van der Waals surface area contributed by atoms with Crippen molar-refractivity contribution in [2.24, 2.45) is 0 Å². The van der Waals surface area contributed by atoms with Gasteiger partial charge in [0.05, 0.1) is 18.1 Å². The van der Waals surface area contributed by atoms with Gasteiger partial charge in [-0.2, -0.15) is 5.26 Å². The van der Waals surface area contributed by atoms with Gasteiger partial charge in [-0.1, -0.05) is 24.6 Å². The maximum atomic E-state index is 10.6. The van der Waals surface area contributed by atoms with Gasteiger partial charge in [-0.3, -0.25) is 4.79 Å². The van der Waals surface area contributed by atoms with Gasteiger partial charge in [0, 0.05) is 5.02 Å². The van der Waals surface area contributed by atoms with Crippen molar-refractivity contribution in [1.82, 2.24) is 0 Å². The molecule has 0 heterocycles. The van der Waals surface area contributed by atoms with Crippen LogP contribution in [0.25, 0.3) is 0 Å². The Morgan fingerprint density at radius 3 is 2.67 bits per heavy atom. The van der Waals surface area contributed by atoms with Gasteiger partial charge in [0.15, 0.2) is 0 Å². The molecule has 0 amide bonds. The van der Waals surface area contributed by atoms with Crippen molar-refractivity contribution in [3.63, 3.8) is 0 Å². The Hall–Kier alpha value is -1.53. The maximum Gasteiger partial charge on any atom is 0.307 e. The van der Waals surface area contributed by atoms with Crippen LogP contribution in [0.5, 0.6) is 0 Å². The van der Waals surface area contributed by atoms with Gasteiger partial charge < -0.3 is 5.11 Å². The molecular weight excluding hydrogens is 214 g/mol. The number of hydrogen-bond acceptors (Lipinski definition) is 2. The monoisotopic (exact) mass is 223 g/mol. The first-order chi connectivity index (χ1) is 7.08. The summed E-state index contributed by atoms with van der Waals surface area (Å²) in [5, 5.41) is 17.8. The highest BCUT2D eigenvalue weighted by atomic mass is 35.5. The summed E-state index contributed by atoms with van der Waals surface area (Å²) in [6, 6.07) is 5.25. The molecule has 0 saturated carbocycles. The van der Waals surface area contributed by atoms with Crippen LogP contribution in [-0.2, 0) is 17.6 Å². The van der Waals surface area contributed by atoms with Crippen molar-refractivity contribution >= 4 is 17.6 Å². The molecule has 0 unspecified atom stereocenters. The minimum Gasteiger partial charge on any atom is -0.481 e. The van der Waals surface area contributed by atoms with Crippen LogP contribution in [0.2, 0.25) is 5.02 Å². The van der Waals surface area contributed by atoms with Gasteiger partial charge in [0.2, 0.25) is 0 Å². The molecule has 4 heteroatoms. The number of nitrogens with zero attached hydrogens (tertiary/aromatic N) is 1. The first-order valence-electron chi connectivity index (χ1n) is 4.51. The van der Waals surface area contributed by atoms with E-state index in [2.05, 4.69) is 0 Å². The van der Waals surface area contributed by atoms with E-state index in [1.807, 2.05) is 13.0 Å². The van der Waals surface area contributed by atoms with Crippen molar-refractivity contribution in [3.05, 3.63) is 33.8 Å². The van der Waals surface area contributed by atoms with Crippen molar-refractivity contribution in [1.29, 1.82) is 5.26 Å². The van der Waals surface area contributed by atoms with Gasteiger partial charge in [-0.25, -0.2) is 0 Å². The van der Waals surface area contributed by atoms with E-state index in [9.17, 15) is 4.79 Å². The van der Waals surface area contributed by atoms with Crippen molar-refractivity contribution < 1.29 is 9.90 Å². The van der Waals surface area contributed by atoms with E-state index in [-0.39, 0.29) is 6.42 Å². The Labute approximate surface area is 92.9 Å². The van der Waals surface area contributed by atoms with Crippen LogP contribution in [0.15, 0.2) is 12.1 Å². The largest absolute Gasteiger partial charge is 0.481 e. The molecule has 0 atom stereocenters. The fraction of sp³-hybridized carbons (Fsp3) is 0.273. The Kier molecular flexibility index (Phi) is 3.70. The molecule has 0 aliphatic rings. The Balaban J connectivity index is 3.21. The van der Waals surface area contributed by atoms with Crippen LogP contribution >= 0.6 is 11.6 Å². The smallest absolute Gasteiger partial charge is 0.307 e. The van der Waals surface area contributed by atoms with E-state index in [1.165, 1.54) is 6.07 Å². The molecule has 3 nitrogen and oxygen atoms in total. The molecule has 1 N–H and O–H groups in total. The minimum atomic E-state index is -0.927. The van der Waals surface area contributed by atoms with E-state index in [1.54, 1.807) is 6.07 Å². The molecule has 0 aliphatic carbocycles. The van der Waals surface area contributed by atoms with Gasteiger partial charge in [-0.05, 0) is 23.6 Å². The molecule has 1 rings (SSSR count). The summed E-state index contributed by atoms with van der Waals surface area (Å²) in [4.78, 5) is 10.6. The average molecular weight is 224 g/mol. The maximum absolute atomic E-state index is 10.6. The summed E-state index contributed by atoms with van der Waals surface area (Å²) in [6.45, 7) is 1.91. The highest BCUT2D eigenvalue weighted by molar-refractivity contribution is 6.31. The molecule has 0 aromatic heterocycles. The van der Waals surface area contributed by atoms with Crippen LogP contribution in [0.1, 0.15) is 23.6 Å². The highest BCUT2D eigenvalue weighted by Crippen LogP contribution is 2.22. The van der Waals surface area contributed by atoms with Gasteiger partial charge in [0.25, 0.3) is 0 Å². The molecule has 15 heavy (non-hydrogen) atoms. The van der Waals surface area contributed by atoms with Crippen LogP contribution in [0, 0.1) is 11.3 Å². The number of aryl methyl sites for hydroxylation is 1. The molecule has 1 aromatic carbocycles. The van der Waals surface area contributed by atoms with Crippen LogP contribution < -0.4 is 0 Å². The van der Waals surface area contributed by atoms with Crippen molar-refractivity contribution in [2.75, 3.05) is 0 Å². The van der Waals surface area contributed by atoms with Gasteiger partial charge in [0.1, 0.15) is 0 Å². The lowest BCUT2D eigenvalue weighted by Crippen LogP contribution is -2.02. The second kappa shape index (κ2) is 4.81. The van der Waals surface area contributed by atoms with E-state index in [0.717, 1.165) is 5.56 Å². The minimum absolute atomic E-state index is 0.114. The fourth-order valence-corrected chi connectivity index (χ4v) is 1.59.